The van der Waals surface area contributed by atoms with Crippen molar-refractivity contribution in [1.29, 1.82) is 0 Å². The number of piperazine rings is 1. The van der Waals surface area contributed by atoms with Crippen LogP contribution in [0.4, 0.5) is 5.82 Å². The van der Waals surface area contributed by atoms with Gasteiger partial charge in [0.2, 0.25) is 0 Å². The van der Waals surface area contributed by atoms with E-state index in [9.17, 15) is 0 Å². The van der Waals surface area contributed by atoms with Gasteiger partial charge in [-0.1, -0.05) is 0 Å². The average Bonchev–Trinajstić information content (AvgIpc) is 2.85. The van der Waals surface area contributed by atoms with E-state index in [0.29, 0.717) is 0 Å². The molecule has 1 saturated heterocycles. The number of anilines is 1. The van der Waals surface area contributed by atoms with Gasteiger partial charge in [0.1, 0.15) is 5.82 Å². The minimum absolute atomic E-state index is 0.275. The monoisotopic (exact) mass is 289 g/mol. The predicted molar refractivity (Wildman–Crippen MR) is 82.8 cm³/mol. The number of aromatic nitrogens is 3. The van der Waals surface area contributed by atoms with Crippen molar-refractivity contribution >= 4 is 11.5 Å². The van der Waals surface area contributed by atoms with Gasteiger partial charge in [-0.15, -0.1) is 0 Å². The van der Waals surface area contributed by atoms with Gasteiger partial charge in [-0.3, -0.25) is 4.90 Å². The Morgan fingerprint density at radius 2 is 1.86 bits per heavy atom. The van der Waals surface area contributed by atoms with Crippen LogP contribution >= 0.6 is 0 Å². The number of aliphatic hydroxyl groups excluding tert-OH is 1. The second kappa shape index (κ2) is 5.99. The van der Waals surface area contributed by atoms with E-state index in [2.05, 4.69) is 25.9 Å². The summed E-state index contributed by atoms with van der Waals surface area (Å²) in [6, 6.07) is 4.14. The smallest absolute Gasteiger partial charge is 0.157 e. The van der Waals surface area contributed by atoms with Crippen LogP contribution in [-0.4, -0.2) is 63.9 Å². The third kappa shape index (κ3) is 3.01. The number of rotatable bonds is 4. The first-order valence-corrected chi connectivity index (χ1v) is 7.59. The Kier molecular flexibility index (Phi) is 4.07. The lowest BCUT2D eigenvalue weighted by atomic mass is 10.2. The van der Waals surface area contributed by atoms with Crippen LogP contribution in [0.3, 0.4) is 0 Å². The molecule has 0 amide bonds. The first-order valence-electron chi connectivity index (χ1n) is 7.59. The molecule has 0 aliphatic carbocycles. The van der Waals surface area contributed by atoms with Crippen molar-refractivity contribution in [1.82, 2.24) is 19.5 Å². The van der Waals surface area contributed by atoms with Crippen molar-refractivity contribution in [2.75, 3.05) is 44.2 Å². The molecule has 1 aliphatic heterocycles. The van der Waals surface area contributed by atoms with Gasteiger partial charge in [0.05, 0.1) is 5.69 Å². The van der Waals surface area contributed by atoms with E-state index in [1.807, 2.05) is 24.4 Å². The molecule has 0 atom stereocenters. The van der Waals surface area contributed by atoms with Crippen LogP contribution in [0.2, 0.25) is 0 Å². The largest absolute Gasteiger partial charge is 0.396 e. The molecule has 3 heterocycles. The number of hydrogen-bond donors (Lipinski definition) is 1. The molecule has 0 saturated carbocycles. The van der Waals surface area contributed by atoms with Gasteiger partial charge in [-0.05, 0) is 20.3 Å². The van der Waals surface area contributed by atoms with Crippen molar-refractivity contribution < 1.29 is 5.11 Å². The number of aryl methyl sites for hydroxylation is 2. The highest BCUT2D eigenvalue weighted by Gasteiger charge is 2.19. The fourth-order valence-electron chi connectivity index (χ4n) is 2.92. The molecule has 0 radical (unpaired) electrons. The average molecular weight is 289 g/mol. The maximum absolute atomic E-state index is 8.92. The maximum Gasteiger partial charge on any atom is 0.157 e. The van der Waals surface area contributed by atoms with E-state index in [4.69, 9.17) is 5.11 Å². The van der Waals surface area contributed by atoms with Crippen molar-refractivity contribution in [2.24, 2.45) is 0 Å². The fourth-order valence-corrected chi connectivity index (χ4v) is 2.92. The van der Waals surface area contributed by atoms with Crippen molar-refractivity contribution in [3.05, 3.63) is 23.5 Å². The summed E-state index contributed by atoms with van der Waals surface area (Å²) in [5, 5.41) is 13.5. The van der Waals surface area contributed by atoms with Crippen LogP contribution in [-0.2, 0) is 0 Å². The molecule has 0 unspecified atom stereocenters. The molecular weight excluding hydrogens is 266 g/mol. The zero-order chi connectivity index (χ0) is 14.8. The quantitative estimate of drug-likeness (QED) is 0.904. The van der Waals surface area contributed by atoms with Gasteiger partial charge in [0, 0.05) is 57.2 Å². The van der Waals surface area contributed by atoms with Crippen LogP contribution in [0.15, 0.2) is 12.1 Å². The summed E-state index contributed by atoms with van der Waals surface area (Å²) in [7, 11) is 0. The Balaban J connectivity index is 1.79. The first kappa shape index (κ1) is 14.3. The first-order chi connectivity index (χ1) is 10.2. The summed E-state index contributed by atoms with van der Waals surface area (Å²) in [6.07, 6.45) is 0.858. The summed E-state index contributed by atoms with van der Waals surface area (Å²) < 4.78 is 1.95. The molecule has 2 aromatic rings. The van der Waals surface area contributed by atoms with E-state index in [1.165, 1.54) is 0 Å². The SMILES string of the molecule is Cc1cc(N2CCN(CCCO)CC2)n2nc(C)cc2n1. The third-order valence-corrected chi connectivity index (χ3v) is 3.99. The highest BCUT2D eigenvalue weighted by Crippen LogP contribution is 2.19. The highest BCUT2D eigenvalue weighted by atomic mass is 16.3. The van der Waals surface area contributed by atoms with E-state index in [-0.39, 0.29) is 6.61 Å². The van der Waals surface area contributed by atoms with E-state index < -0.39 is 0 Å². The topological polar surface area (TPSA) is 56.9 Å². The Labute approximate surface area is 125 Å². The number of fused-ring (bicyclic) bond motifs is 1. The second-order valence-corrected chi connectivity index (χ2v) is 5.72. The summed E-state index contributed by atoms with van der Waals surface area (Å²) in [5.74, 6) is 1.13. The Morgan fingerprint density at radius 3 is 2.57 bits per heavy atom. The highest BCUT2D eigenvalue weighted by molar-refractivity contribution is 5.52. The molecule has 1 fully saturated rings. The summed E-state index contributed by atoms with van der Waals surface area (Å²) >= 11 is 0. The molecule has 3 rings (SSSR count). The van der Waals surface area contributed by atoms with E-state index >= 15 is 0 Å². The molecule has 1 aliphatic rings. The Morgan fingerprint density at radius 1 is 1.10 bits per heavy atom. The van der Waals surface area contributed by atoms with Gasteiger partial charge in [-0.2, -0.15) is 9.61 Å². The minimum Gasteiger partial charge on any atom is -0.396 e. The van der Waals surface area contributed by atoms with Crippen molar-refractivity contribution in [3.8, 4) is 0 Å². The predicted octanol–water partition coefficient (Wildman–Crippen LogP) is 0.851. The second-order valence-electron chi connectivity index (χ2n) is 5.72. The molecule has 2 aromatic heterocycles. The molecule has 0 bridgehead atoms. The lowest BCUT2D eigenvalue weighted by Gasteiger charge is -2.36. The number of nitrogens with zero attached hydrogens (tertiary/aromatic N) is 5. The van der Waals surface area contributed by atoms with Crippen LogP contribution in [0.1, 0.15) is 17.8 Å². The van der Waals surface area contributed by atoms with Gasteiger partial charge < -0.3 is 10.0 Å². The summed E-state index contributed by atoms with van der Waals surface area (Å²) in [4.78, 5) is 9.33. The number of hydrogen-bond acceptors (Lipinski definition) is 5. The van der Waals surface area contributed by atoms with Gasteiger partial charge in [-0.25, -0.2) is 4.98 Å². The normalized spacial score (nSPS) is 16.8. The molecule has 0 spiro atoms. The van der Waals surface area contributed by atoms with E-state index in [0.717, 1.165) is 62.0 Å². The molecule has 0 aromatic carbocycles. The van der Waals surface area contributed by atoms with Crippen LogP contribution in [0, 0.1) is 13.8 Å². The molecule has 6 heteroatoms. The Bertz CT molecular complexity index is 616. The van der Waals surface area contributed by atoms with Crippen LogP contribution in [0.5, 0.6) is 0 Å². The molecule has 6 nitrogen and oxygen atoms in total. The minimum atomic E-state index is 0.275. The molecular formula is C15H23N5O. The van der Waals surface area contributed by atoms with Crippen molar-refractivity contribution in [2.45, 2.75) is 20.3 Å². The van der Waals surface area contributed by atoms with Gasteiger partial charge in [0.15, 0.2) is 5.65 Å². The third-order valence-electron chi connectivity index (χ3n) is 3.99. The molecule has 21 heavy (non-hydrogen) atoms. The summed E-state index contributed by atoms with van der Waals surface area (Å²) in [6.45, 7) is 9.33. The summed E-state index contributed by atoms with van der Waals surface area (Å²) in [5.41, 5.74) is 2.95. The van der Waals surface area contributed by atoms with Crippen LogP contribution in [0.25, 0.3) is 5.65 Å². The Hall–Kier alpha value is -1.66. The van der Waals surface area contributed by atoms with Gasteiger partial charge >= 0.3 is 0 Å². The fraction of sp³-hybridized carbons (Fsp3) is 0.600. The standard InChI is InChI=1S/C15H23N5O/c1-12-11-15(20-14(16-12)10-13(2)17-20)19-7-5-18(6-8-19)4-3-9-21/h10-11,21H,3-9H2,1-2H3. The number of aliphatic hydroxyl groups is 1. The van der Waals surface area contributed by atoms with E-state index in [1.54, 1.807) is 0 Å². The van der Waals surface area contributed by atoms with Gasteiger partial charge in [0.25, 0.3) is 0 Å². The lowest BCUT2D eigenvalue weighted by molar-refractivity contribution is 0.215. The zero-order valence-electron chi connectivity index (χ0n) is 12.8. The van der Waals surface area contributed by atoms with Crippen molar-refractivity contribution in [3.63, 3.8) is 0 Å². The van der Waals surface area contributed by atoms with Crippen LogP contribution < -0.4 is 4.90 Å². The molecule has 1 N–H and O–H groups in total. The zero-order valence-corrected chi connectivity index (χ0v) is 12.8. The maximum atomic E-state index is 8.92. The molecule has 114 valence electrons. The lowest BCUT2D eigenvalue weighted by Crippen LogP contribution is -2.47.